The maximum Gasteiger partial charge on any atom is 0.261 e. The van der Waals surface area contributed by atoms with Gasteiger partial charge in [0.2, 0.25) is 5.91 Å². The Morgan fingerprint density at radius 2 is 1.51 bits per heavy atom. The summed E-state index contributed by atoms with van der Waals surface area (Å²) >= 11 is 6.06. The van der Waals surface area contributed by atoms with Gasteiger partial charge in [-0.15, -0.1) is 0 Å². The molecule has 0 heterocycles. The Morgan fingerprint density at radius 1 is 0.886 bits per heavy atom. The number of nitrogens with one attached hydrogen (secondary N) is 1. The van der Waals surface area contributed by atoms with E-state index in [9.17, 15) is 9.59 Å². The highest BCUT2D eigenvalue weighted by Crippen LogP contribution is 2.26. The maximum atomic E-state index is 13.6. The Bertz CT molecular complexity index is 1100. The quantitative estimate of drug-likeness (QED) is 0.412. The summed E-state index contributed by atoms with van der Waals surface area (Å²) in [6.07, 6.45) is 0.368. The van der Waals surface area contributed by atoms with Gasteiger partial charge >= 0.3 is 0 Å². The van der Waals surface area contributed by atoms with Gasteiger partial charge in [0.05, 0.1) is 7.11 Å². The van der Waals surface area contributed by atoms with Crippen LogP contribution in [0.5, 0.6) is 11.5 Å². The fourth-order valence-electron chi connectivity index (χ4n) is 3.68. The predicted octanol–water partition coefficient (Wildman–Crippen LogP) is 4.89. The van der Waals surface area contributed by atoms with Crippen molar-refractivity contribution < 1.29 is 19.1 Å². The molecule has 6 nitrogen and oxygen atoms in total. The number of benzene rings is 3. The molecule has 0 fully saturated rings. The Hall–Kier alpha value is -3.51. The molecule has 0 bridgehead atoms. The molecule has 7 heteroatoms. The van der Waals surface area contributed by atoms with E-state index in [0.717, 1.165) is 11.1 Å². The number of para-hydroxylation sites is 2. The van der Waals surface area contributed by atoms with Crippen LogP contribution in [0.15, 0.2) is 78.9 Å². The van der Waals surface area contributed by atoms with E-state index >= 15 is 0 Å². The molecular formula is C28H31ClN2O4. The molecule has 0 unspecified atom stereocenters. The first-order chi connectivity index (χ1) is 16.9. The molecule has 3 rings (SSSR count). The van der Waals surface area contributed by atoms with Gasteiger partial charge in [0.15, 0.2) is 18.1 Å². The predicted molar refractivity (Wildman–Crippen MR) is 138 cm³/mol. The maximum absolute atomic E-state index is 13.6. The summed E-state index contributed by atoms with van der Waals surface area (Å²) in [5, 5.41) is 3.57. The molecule has 1 N–H and O–H groups in total. The van der Waals surface area contributed by atoms with Crippen molar-refractivity contribution in [2.75, 3.05) is 13.7 Å². The normalized spacial score (nSPS) is 11.6. The van der Waals surface area contributed by atoms with Crippen LogP contribution >= 0.6 is 11.6 Å². The highest BCUT2D eigenvalue weighted by atomic mass is 35.5. The number of amides is 2. The standard InChI is InChI=1S/C28H31ClN2O4/c1-20(2)30-28(33)24(17-21-9-5-4-6-10-21)31(18-22-13-15-23(29)16-14-22)27(32)19-35-26-12-8-7-11-25(26)34-3/h4-16,20,24H,17-19H2,1-3H3,(H,30,33)/t24-/m1/s1. The number of rotatable bonds is 11. The molecule has 3 aromatic rings. The molecule has 35 heavy (non-hydrogen) atoms. The summed E-state index contributed by atoms with van der Waals surface area (Å²) in [5.41, 5.74) is 1.81. The van der Waals surface area contributed by atoms with Crippen LogP contribution in [0.3, 0.4) is 0 Å². The second-order valence-corrected chi connectivity index (χ2v) is 8.89. The summed E-state index contributed by atoms with van der Waals surface area (Å²) < 4.78 is 11.1. The number of nitrogens with zero attached hydrogens (tertiary/aromatic N) is 1. The molecule has 184 valence electrons. The largest absolute Gasteiger partial charge is 0.493 e. The van der Waals surface area contributed by atoms with E-state index in [2.05, 4.69) is 5.32 Å². The molecule has 0 aromatic heterocycles. The molecule has 1 atom stereocenters. The summed E-state index contributed by atoms with van der Waals surface area (Å²) in [7, 11) is 1.54. The number of halogens is 1. The van der Waals surface area contributed by atoms with Gasteiger partial charge < -0.3 is 19.7 Å². The zero-order valence-corrected chi connectivity index (χ0v) is 21.0. The first-order valence-corrected chi connectivity index (χ1v) is 11.9. The summed E-state index contributed by atoms with van der Waals surface area (Å²) in [5.74, 6) is 0.457. The third-order valence-corrected chi connectivity index (χ3v) is 5.64. The van der Waals surface area contributed by atoms with Gasteiger partial charge in [-0.3, -0.25) is 9.59 Å². The van der Waals surface area contributed by atoms with E-state index in [0.29, 0.717) is 22.9 Å². The number of carbonyl (C=O) groups is 2. The summed E-state index contributed by atoms with van der Waals surface area (Å²) in [6, 6.07) is 23.2. The lowest BCUT2D eigenvalue weighted by Crippen LogP contribution is -2.52. The van der Waals surface area contributed by atoms with Crippen LogP contribution in [-0.4, -0.2) is 42.5 Å². The topological polar surface area (TPSA) is 67.9 Å². The zero-order valence-electron chi connectivity index (χ0n) is 20.2. The monoisotopic (exact) mass is 494 g/mol. The van der Waals surface area contributed by atoms with Crippen LogP contribution in [0.1, 0.15) is 25.0 Å². The summed E-state index contributed by atoms with van der Waals surface area (Å²) in [4.78, 5) is 28.5. The number of hydrogen-bond acceptors (Lipinski definition) is 4. The van der Waals surface area contributed by atoms with Crippen molar-refractivity contribution in [1.82, 2.24) is 10.2 Å². The van der Waals surface area contributed by atoms with E-state index < -0.39 is 6.04 Å². The Balaban J connectivity index is 1.91. The Labute approximate surface area is 211 Å². The number of hydrogen-bond donors (Lipinski definition) is 1. The molecule has 0 saturated carbocycles. The van der Waals surface area contributed by atoms with Crippen LogP contribution in [0.4, 0.5) is 0 Å². The van der Waals surface area contributed by atoms with Crippen LogP contribution in [0.2, 0.25) is 5.02 Å². The lowest BCUT2D eigenvalue weighted by atomic mass is 10.0. The van der Waals surface area contributed by atoms with Crippen LogP contribution in [0, 0.1) is 0 Å². The minimum absolute atomic E-state index is 0.0712. The summed E-state index contributed by atoms with van der Waals surface area (Å²) in [6.45, 7) is 3.78. The van der Waals surface area contributed by atoms with Crippen molar-refractivity contribution in [3.05, 3.63) is 95.0 Å². The van der Waals surface area contributed by atoms with Crippen LogP contribution < -0.4 is 14.8 Å². The minimum atomic E-state index is -0.732. The van der Waals surface area contributed by atoms with Crippen molar-refractivity contribution in [2.24, 2.45) is 0 Å². The molecule has 3 aromatic carbocycles. The van der Waals surface area contributed by atoms with Crippen molar-refractivity contribution in [1.29, 1.82) is 0 Å². The highest BCUT2D eigenvalue weighted by Gasteiger charge is 2.31. The lowest BCUT2D eigenvalue weighted by Gasteiger charge is -2.32. The van der Waals surface area contributed by atoms with Gasteiger partial charge in [-0.25, -0.2) is 0 Å². The van der Waals surface area contributed by atoms with Crippen LogP contribution in [0.25, 0.3) is 0 Å². The number of ether oxygens (including phenoxy) is 2. The SMILES string of the molecule is COc1ccccc1OCC(=O)N(Cc1ccc(Cl)cc1)[C@H](Cc1ccccc1)C(=O)NC(C)C. The Kier molecular flexibility index (Phi) is 9.56. The molecule has 0 spiro atoms. The minimum Gasteiger partial charge on any atom is -0.493 e. The molecule has 0 radical (unpaired) electrons. The number of carbonyl (C=O) groups excluding carboxylic acids is 2. The fraction of sp³-hybridized carbons (Fsp3) is 0.286. The molecule has 0 aliphatic rings. The molecule has 2 amide bonds. The van der Waals surface area contributed by atoms with E-state index in [4.69, 9.17) is 21.1 Å². The van der Waals surface area contributed by atoms with E-state index in [1.165, 1.54) is 0 Å². The second kappa shape index (κ2) is 12.8. The molecule has 0 saturated heterocycles. The van der Waals surface area contributed by atoms with Gasteiger partial charge in [-0.2, -0.15) is 0 Å². The van der Waals surface area contributed by atoms with Gasteiger partial charge in [-0.1, -0.05) is 66.2 Å². The highest BCUT2D eigenvalue weighted by molar-refractivity contribution is 6.30. The van der Waals surface area contributed by atoms with Gasteiger partial charge in [0, 0.05) is 24.0 Å². The second-order valence-electron chi connectivity index (χ2n) is 8.46. The van der Waals surface area contributed by atoms with Crippen LogP contribution in [-0.2, 0) is 22.6 Å². The molecule has 0 aliphatic carbocycles. The first-order valence-electron chi connectivity index (χ1n) is 11.5. The van der Waals surface area contributed by atoms with Crippen molar-refractivity contribution in [3.8, 4) is 11.5 Å². The third kappa shape index (κ3) is 7.76. The molecule has 0 aliphatic heterocycles. The average molecular weight is 495 g/mol. The fourth-order valence-corrected chi connectivity index (χ4v) is 3.81. The van der Waals surface area contributed by atoms with Crippen molar-refractivity contribution in [3.63, 3.8) is 0 Å². The smallest absolute Gasteiger partial charge is 0.261 e. The molecular weight excluding hydrogens is 464 g/mol. The van der Waals surface area contributed by atoms with Crippen molar-refractivity contribution >= 4 is 23.4 Å². The lowest BCUT2D eigenvalue weighted by molar-refractivity contribution is -0.143. The Morgan fingerprint density at radius 3 is 2.14 bits per heavy atom. The number of methoxy groups -OCH3 is 1. The van der Waals surface area contributed by atoms with E-state index in [1.807, 2.05) is 68.4 Å². The van der Waals surface area contributed by atoms with Gasteiger partial charge in [-0.05, 0) is 49.2 Å². The average Bonchev–Trinajstić information content (AvgIpc) is 2.86. The van der Waals surface area contributed by atoms with Gasteiger partial charge in [0.1, 0.15) is 6.04 Å². The van der Waals surface area contributed by atoms with E-state index in [-0.39, 0.29) is 31.0 Å². The van der Waals surface area contributed by atoms with E-state index in [1.54, 1.807) is 36.3 Å². The zero-order chi connectivity index (χ0) is 25.2. The third-order valence-electron chi connectivity index (χ3n) is 5.39. The first kappa shape index (κ1) is 26.1. The van der Waals surface area contributed by atoms with Crippen molar-refractivity contribution in [2.45, 2.75) is 38.9 Å². The van der Waals surface area contributed by atoms with Gasteiger partial charge in [0.25, 0.3) is 5.91 Å².